The number of hydrogen-bond donors (Lipinski definition) is 1. The SMILES string of the molecule is COc1cc(F)ccc1-c1cc(NC(=O)Cc2ccncc2)ncn1.Cl. The third-order valence-electron chi connectivity index (χ3n) is 3.49. The molecule has 0 saturated carbocycles. The minimum Gasteiger partial charge on any atom is -0.496 e. The summed E-state index contributed by atoms with van der Waals surface area (Å²) in [6.07, 6.45) is 4.81. The van der Waals surface area contributed by atoms with E-state index in [0.29, 0.717) is 22.8 Å². The Bertz CT molecular complexity index is 893. The lowest BCUT2D eigenvalue weighted by atomic mass is 10.1. The van der Waals surface area contributed by atoms with E-state index in [9.17, 15) is 9.18 Å². The zero-order valence-corrected chi connectivity index (χ0v) is 14.7. The van der Waals surface area contributed by atoms with Crippen LogP contribution in [0.2, 0.25) is 0 Å². The zero-order valence-electron chi connectivity index (χ0n) is 13.8. The van der Waals surface area contributed by atoms with Crippen LogP contribution in [0.1, 0.15) is 5.56 Å². The molecular formula is C18H16ClFN4O2. The molecule has 0 atom stereocenters. The summed E-state index contributed by atoms with van der Waals surface area (Å²) in [6, 6.07) is 9.32. The summed E-state index contributed by atoms with van der Waals surface area (Å²) in [5, 5.41) is 2.72. The lowest BCUT2D eigenvalue weighted by Gasteiger charge is -2.09. The summed E-state index contributed by atoms with van der Waals surface area (Å²) >= 11 is 0. The van der Waals surface area contributed by atoms with Gasteiger partial charge in [-0.2, -0.15) is 0 Å². The maximum absolute atomic E-state index is 13.3. The third kappa shape index (κ3) is 4.73. The van der Waals surface area contributed by atoms with Crippen LogP contribution in [0.5, 0.6) is 5.75 Å². The molecular weight excluding hydrogens is 359 g/mol. The maximum Gasteiger partial charge on any atom is 0.229 e. The Morgan fingerprint density at radius 2 is 1.92 bits per heavy atom. The first-order valence-electron chi connectivity index (χ1n) is 7.50. The normalized spacial score (nSPS) is 9.92. The average Bonchev–Trinajstić information content (AvgIpc) is 2.62. The van der Waals surface area contributed by atoms with Gasteiger partial charge in [-0.3, -0.25) is 9.78 Å². The molecule has 8 heteroatoms. The second-order valence-corrected chi connectivity index (χ2v) is 5.21. The summed E-state index contributed by atoms with van der Waals surface area (Å²) < 4.78 is 18.5. The molecule has 0 aliphatic carbocycles. The standard InChI is InChI=1S/C18H15FN4O2.ClH/c1-25-16-9-13(19)2-3-14(16)15-10-17(22-11-21-15)23-18(24)8-12-4-6-20-7-5-12;/h2-7,9-11H,8H2,1H3,(H,21,22,23,24);1H. The number of amides is 1. The van der Waals surface area contributed by atoms with Crippen molar-refractivity contribution < 1.29 is 13.9 Å². The first-order chi connectivity index (χ1) is 12.2. The second-order valence-electron chi connectivity index (χ2n) is 5.21. The molecule has 26 heavy (non-hydrogen) atoms. The van der Waals surface area contributed by atoms with Gasteiger partial charge < -0.3 is 10.1 Å². The van der Waals surface area contributed by atoms with Crippen LogP contribution in [-0.4, -0.2) is 28.0 Å². The molecule has 1 N–H and O–H groups in total. The molecule has 0 radical (unpaired) electrons. The summed E-state index contributed by atoms with van der Waals surface area (Å²) in [6.45, 7) is 0. The first kappa shape index (κ1) is 19.3. The van der Waals surface area contributed by atoms with Crippen molar-refractivity contribution in [3.8, 4) is 17.0 Å². The Kier molecular flexibility index (Phi) is 6.57. The molecule has 3 rings (SSSR count). The number of methoxy groups -OCH3 is 1. The Hall–Kier alpha value is -3.06. The van der Waals surface area contributed by atoms with Crippen molar-refractivity contribution in [3.05, 3.63) is 66.5 Å². The largest absolute Gasteiger partial charge is 0.496 e. The highest BCUT2D eigenvalue weighted by molar-refractivity contribution is 5.91. The highest BCUT2D eigenvalue weighted by Crippen LogP contribution is 2.29. The van der Waals surface area contributed by atoms with Crippen molar-refractivity contribution in [1.29, 1.82) is 0 Å². The molecule has 0 unspecified atom stereocenters. The van der Waals surface area contributed by atoms with E-state index in [0.717, 1.165) is 5.56 Å². The highest BCUT2D eigenvalue weighted by atomic mass is 35.5. The van der Waals surface area contributed by atoms with Gasteiger partial charge in [-0.15, -0.1) is 12.4 Å². The molecule has 0 fully saturated rings. The van der Waals surface area contributed by atoms with Gasteiger partial charge in [-0.1, -0.05) is 0 Å². The van der Waals surface area contributed by atoms with Crippen LogP contribution in [0.3, 0.4) is 0 Å². The number of aromatic nitrogens is 3. The number of nitrogens with zero attached hydrogens (tertiary/aromatic N) is 3. The quantitative estimate of drug-likeness (QED) is 0.741. The predicted molar refractivity (Wildman–Crippen MR) is 97.8 cm³/mol. The van der Waals surface area contributed by atoms with E-state index in [-0.39, 0.29) is 24.7 Å². The number of hydrogen-bond acceptors (Lipinski definition) is 5. The third-order valence-corrected chi connectivity index (χ3v) is 3.49. The molecule has 0 aliphatic rings. The minimum atomic E-state index is -0.402. The van der Waals surface area contributed by atoms with Crippen LogP contribution >= 0.6 is 12.4 Å². The molecule has 134 valence electrons. The number of ether oxygens (including phenoxy) is 1. The van der Waals surface area contributed by atoms with Crippen molar-refractivity contribution in [2.45, 2.75) is 6.42 Å². The van der Waals surface area contributed by atoms with Crippen molar-refractivity contribution in [2.75, 3.05) is 12.4 Å². The molecule has 2 aromatic heterocycles. The molecule has 2 heterocycles. The smallest absolute Gasteiger partial charge is 0.229 e. The Labute approximate surface area is 155 Å². The van der Waals surface area contributed by atoms with Crippen molar-refractivity contribution >= 4 is 24.1 Å². The van der Waals surface area contributed by atoms with Gasteiger partial charge in [0.25, 0.3) is 0 Å². The van der Waals surface area contributed by atoms with Crippen LogP contribution in [0.15, 0.2) is 55.1 Å². The molecule has 3 aromatic rings. The summed E-state index contributed by atoms with van der Waals surface area (Å²) in [4.78, 5) is 24.3. The molecule has 6 nitrogen and oxygen atoms in total. The van der Waals surface area contributed by atoms with Crippen LogP contribution in [0.4, 0.5) is 10.2 Å². The zero-order chi connectivity index (χ0) is 17.6. The monoisotopic (exact) mass is 374 g/mol. The second kappa shape index (κ2) is 8.87. The van der Waals surface area contributed by atoms with Crippen LogP contribution in [0.25, 0.3) is 11.3 Å². The summed E-state index contributed by atoms with van der Waals surface area (Å²) in [5.41, 5.74) is 1.98. The van der Waals surface area contributed by atoms with Crippen molar-refractivity contribution in [3.63, 3.8) is 0 Å². The van der Waals surface area contributed by atoms with Crippen molar-refractivity contribution in [1.82, 2.24) is 15.0 Å². The number of pyridine rings is 1. The Morgan fingerprint density at radius 1 is 1.15 bits per heavy atom. The first-order valence-corrected chi connectivity index (χ1v) is 7.50. The minimum absolute atomic E-state index is 0. The average molecular weight is 375 g/mol. The number of carbonyl (C=O) groups is 1. The molecule has 1 aromatic carbocycles. The lowest BCUT2D eigenvalue weighted by Crippen LogP contribution is -2.15. The fraction of sp³-hybridized carbons (Fsp3) is 0.111. The maximum atomic E-state index is 13.3. The molecule has 0 aliphatic heterocycles. The van der Waals surface area contributed by atoms with Gasteiger partial charge in [0.15, 0.2) is 0 Å². The van der Waals surface area contributed by atoms with Crippen LogP contribution in [-0.2, 0) is 11.2 Å². The topological polar surface area (TPSA) is 77.0 Å². The molecule has 0 bridgehead atoms. The number of benzene rings is 1. The van der Waals surface area contributed by atoms with Gasteiger partial charge in [-0.25, -0.2) is 14.4 Å². The van der Waals surface area contributed by atoms with E-state index in [2.05, 4.69) is 20.3 Å². The fourth-order valence-electron chi connectivity index (χ4n) is 2.32. The van der Waals surface area contributed by atoms with E-state index in [4.69, 9.17) is 4.74 Å². The van der Waals surface area contributed by atoms with Crippen molar-refractivity contribution in [2.24, 2.45) is 0 Å². The number of anilines is 1. The molecule has 0 saturated heterocycles. The van der Waals surface area contributed by atoms with Gasteiger partial charge in [-0.05, 0) is 29.8 Å². The van der Waals surface area contributed by atoms with Crippen LogP contribution < -0.4 is 10.1 Å². The van der Waals surface area contributed by atoms with Gasteiger partial charge in [0.05, 0.1) is 19.2 Å². The number of halogens is 2. The number of nitrogens with one attached hydrogen (secondary N) is 1. The van der Waals surface area contributed by atoms with Crippen LogP contribution in [0, 0.1) is 5.82 Å². The molecule has 1 amide bonds. The van der Waals surface area contributed by atoms with Gasteiger partial charge in [0.2, 0.25) is 5.91 Å². The Morgan fingerprint density at radius 3 is 2.65 bits per heavy atom. The van der Waals surface area contributed by atoms with E-state index in [1.165, 1.54) is 25.6 Å². The lowest BCUT2D eigenvalue weighted by molar-refractivity contribution is -0.115. The predicted octanol–water partition coefficient (Wildman–Crippen LogP) is 3.29. The van der Waals surface area contributed by atoms with E-state index >= 15 is 0 Å². The highest BCUT2D eigenvalue weighted by Gasteiger charge is 2.11. The van der Waals surface area contributed by atoms with Gasteiger partial charge in [0.1, 0.15) is 23.7 Å². The molecule has 0 spiro atoms. The summed E-state index contributed by atoms with van der Waals surface area (Å²) in [5.74, 6) is 0.102. The van der Waals surface area contributed by atoms with E-state index in [1.54, 1.807) is 36.7 Å². The fourth-order valence-corrected chi connectivity index (χ4v) is 2.32. The van der Waals surface area contributed by atoms with E-state index in [1.807, 2.05) is 0 Å². The van der Waals surface area contributed by atoms with E-state index < -0.39 is 5.82 Å². The number of rotatable bonds is 5. The number of carbonyl (C=O) groups excluding carboxylic acids is 1. The summed E-state index contributed by atoms with van der Waals surface area (Å²) in [7, 11) is 1.46. The Balaban J connectivity index is 0.00000243. The van der Waals surface area contributed by atoms with Gasteiger partial charge in [0, 0.05) is 30.1 Å². The van der Waals surface area contributed by atoms with Gasteiger partial charge >= 0.3 is 0 Å².